The number of rotatable bonds is 4. The Morgan fingerprint density at radius 1 is 1.33 bits per heavy atom. The number of ether oxygens (including phenoxy) is 1. The van der Waals surface area contributed by atoms with Crippen molar-refractivity contribution in [3.63, 3.8) is 0 Å². The van der Waals surface area contributed by atoms with Gasteiger partial charge in [0.1, 0.15) is 5.82 Å². The predicted octanol–water partition coefficient (Wildman–Crippen LogP) is 3.18. The number of guanidine groups is 1. The second kappa shape index (κ2) is 11.3. The lowest BCUT2D eigenvalue weighted by atomic mass is 10.1. The summed E-state index contributed by atoms with van der Waals surface area (Å²) in [5.74, 6) is 1.87. The molecule has 2 fully saturated rings. The van der Waals surface area contributed by atoms with Crippen molar-refractivity contribution < 1.29 is 9.13 Å². The van der Waals surface area contributed by atoms with E-state index in [2.05, 4.69) is 22.1 Å². The molecule has 2 saturated heterocycles. The van der Waals surface area contributed by atoms with Gasteiger partial charge in [-0.05, 0) is 24.1 Å². The summed E-state index contributed by atoms with van der Waals surface area (Å²) in [6, 6.07) is 5.51. The Kier molecular flexibility index (Phi) is 9.44. The maximum Gasteiger partial charge on any atom is 0.193 e. The summed E-state index contributed by atoms with van der Waals surface area (Å²) in [5.41, 5.74) is 1.60. The molecule has 1 atom stereocenters. The smallest absolute Gasteiger partial charge is 0.193 e. The number of morpholine rings is 1. The highest BCUT2D eigenvalue weighted by Crippen LogP contribution is 2.23. The van der Waals surface area contributed by atoms with E-state index in [0.717, 1.165) is 43.5 Å². The summed E-state index contributed by atoms with van der Waals surface area (Å²) >= 11 is 2.04. The van der Waals surface area contributed by atoms with Gasteiger partial charge in [0.15, 0.2) is 5.96 Å². The Morgan fingerprint density at radius 2 is 2.11 bits per heavy atom. The van der Waals surface area contributed by atoms with Crippen LogP contribution in [0.2, 0.25) is 0 Å². The molecule has 0 radical (unpaired) electrons. The minimum atomic E-state index is -0.165. The van der Waals surface area contributed by atoms with E-state index in [9.17, 15) is 4.39 Å². The summed E-state index contributed by atoms with van der Waals surface area (Å²) in [5, 5.41) is 4.05. The average molecular weight is 508 g/mol. The highest BCUT2D eigenvalue weighted by atomic mass is 127. The van der Waals surface area contributed by atoms with Gasteiger partial charge in [-0.1, -0.05) is 13.0 Å². The minimum absolute atomic E-state index is 0. The van der Waals surface area contributed by atoms with Crippen LogP contribution in [0.5, 0.6) is 0 Å². The number of thioether (sulfide) groups is 1. The van der Waals surface area contributed by atoms with Crippen molar-refractivity contribution in [2.24, 2.45) is 4.99 Å². The number of aliphatic imine (C=N–C) groups is 1. The van der Waals surface area contributed by atoms with Gasteiger partial charge in [-0.2, -0.15) is 11.8 Å². The number of halogens is 2. The van der Waals surface area contributed by atoms with Gasteiger partial charge in [0.25, 0.3) is 0 Å². The number of hydrogen-bond donors (Lipinski definition) is 1. The van der Waals surface area contributed by atoms with Gasteiger partial charge in [0.05, 0.1) is 18.9 Å². The molecule has 3 rings (SSSR count). The third-order valence-corrected chi connectivity index (χ3v) is 6.29. The Morgan fingerprint density at radius 3 is 2.78 bits per heavy atom. The van der Waals surface area contributed by atoms with Gasteiger partial charge in [0.2, 0.25) is 0 Å². The summed E-state index contributed by atoms with van der Waals surface area (Å²) in [7, 11) is 1.81. The topological polar surface area (TPSA) is 40.1 Å². The Hall–Kier alpha value is -0.740. The summed E-state index contributed by atoms with van der Waals surface area (Å²) in [6.07, 6.45) is 1.17. The Balaban J connectivity index is 0.00000261. The van der Waals surface area contributed by atoms with Crippen LogP contribution in [0.4, 0.5) is 10.1 Å². The quantitative estimate of drug-likeness (QED) is 0.385. The average Bonchev–Trinajstić information content (AvgIpc) is 2.69. The van der Waals surface area contributed by atoms with E-state index in [1.165, 1.54) is 6.42 Å². The van der Waals surface area contributed by atoms with Crippen LogP contribution in [0.15, 0.2) is 23.2 Å². The zero-order valence-corrected chi connectivity index (χ0v) is 19.3. The maximum absolute atomic E-state index is 14.5. The maximum atomic E-state index is 14.5. The first-order chi connectivity index (χ1) is 12.7. The van der Waals surface area contributed by atoms with Gasteiger partial charge < -0.3 is 19.9 Å². The van der Waals surface area contributed by atoms with Crippen LogP contribution in [0, 0.1) is 5.82 Å². The molecule has 2 aliphatic heterocycles. The molecule has 27 heavy (non-hydrogen) atoms. The molecule has 1 unspecified atom stereocenters. The molecule has 1 aromatic carbocycles. The first kappa shape index (κ1) is 22.5. The second-order valence-electron chi connectivity index (χ2n) is 6.63. The van der Waals surface area contributed by atoms with Gasteiger partial charge in [-0.25, -0.2) is 4.39 Å². The number of nitrogens with zero attached hydrogens (tertiary/aromatic N) is 3. The third kappa shape index (κ3) is 6.12. The van der Waals surface area contributed by atoms with E-state index in [4.69, 9.17) is 4.74 Å². The molecule has 2 aliphatic rings. The Bertz CT molecular complexity index is 628. The number of anilines is 1. The third-order valence-electron chi connectivity index (χ3n) is 4.92. The molecule has 5 nitrogen and oxygen atoms in total. The zero-order valence-electron chi connectivity index (χ0n) is 16.1. The lowest BCUT2D eigenvalue weighted by Gasteiger charge is -2.34. The van der Waals surface area contributed by atoms with E-state index >= 15 is 0 Å². The fraction of sp³-hybridized carbons (Fsp3) is 0.632. The van der Waals surface area contributed by atoms with Gasteiger partial charge in [0, 0.05) is 50.8 Å². The van der Waals surface area contributed by atoms with Crippen LogP contribution in [0.25, 0.3) is 0 Å². The van der Waals surface area contributed by atoms with E-state index in [-0.39, 0.29) is 29.8 Å². The SMILES string of the molecule is CCC1CN(C(=NC)NCc2ccc(N3CCOCC3)c(F)c2)CCS1.I. The van der Waals surface area contributed by atoms with E-state index in [1.807, 2.05) is 35.8 Å². The van der Waals surface area contributed by atoms with Crippen LogP contribution in [-0.4, -0.2) is 68.3 Å². The van der Waals surface area contributed by atoms with Crippen molar-refractivity contribution in [1.82, 2.24) is 10.2 Å². The summed E-state index contributed by atoms with van der Waals surface area (Å²) < 4.78 is 19.9. The molecular formula is C19H30FIN4OS. The molecule has 152 valence electrons. The molecular weight excluding hydrogens is 478 g/mol. The fourth-order valence-electron chi connectivity index (χ4n) is 3.39. The fourth-order valence-corrected chi connectivity index (χ4v) is 4.57. The largest absolute Gasteiger partial charge is 0.378 e. The van der Waals surface area contributed by atoms with Crippen LogP contribution < -0.4 is 10.2 Å². The van der Waals surface area contributed by atoms with Gasteiger partial charge in [-0.15, -0.1) is 24.0 Å². The van der Waals surface area contributed by atoms with Crippen molar-refractivity contribution >= 4 is 47.4 Å². The lowest BCUT2D eigenvalue weighted by Crippen LogP contribution is -2.47. The van der Waals surface area contributed by atoms with Crippen molar-refractivity contribution in [3.8, 4) is 0 Å². The molecule has 1 N–H and O–H groups in total. The van der Waals surface area contributed by atoms with Crippen molar-refractivity contribution in [2.75, 3.05) is 57.1 Å². The molecule has 0 saturated carbocycles. The zero-order chi connectivity index (χ0) is 18.4. The first-order valence-electron chi connectivity index (χ1n) is 9.39. The van der Waals surface area contributed by atoms with E-state index in [1.54, 1.807) is 6.07 Å². The molecule has 0 spiro atoms. The first-order valence-corrected chi connectivity index (χ1v) is 10.4. The molecule has 0 aliphatic carbocycles. The van der Waals surface area contributed by atoms with Crippen molar-refractivity contribution in [2.45, 2.75) is 25.1 Å². The minimum Gasteiger partial charge on any atom is -0.378 e. The lowest BCUT2D eigenvalue weighted by molar-refractivity contribution is 0.122. The van der Waals surface area contributed by atoms with Crippen molar-refractivity contribution in [1.29, 1.82) is 0 Å². The van der Waals surface area contributed by atoms with Crippen LogP contribution in [-0.2, 0) is 11.3 Å². The number of benzene rings is 1. The second-order valence-corrected chi connectivity index (χ2v) is 8.04. The normalized spacial score (nSPS) is 21.0. The Labute approximate surface area is 183 Å². The highest BCUT2D eigenvalue weighted by molar-refractivity contribution is 14.0. The van der Waals surface area contributed by atoms with E-state index in [0.29, 0.717) is 30.7 Å². The number of nitrogens with one attached hydrogen (secondary N) is 1. The standard InChI is InChI=1S/C19H29FN4OS.HI/c1-3-16-14-24(8-11-26-16)19(21-2)22-13-15-4-5-18(17(20)12-15)23-6-9-25-10-7-23;/h4-5,12,16H,3,6-11,13-14H2,1-2H3,(H,21,22);1H. The monoisotopic (exact) mass is 508 g/mol. The summed E-state index contributed by atoms with van der Waals surface area (Å²) in [4.78, 5) is 8.77. The van der Waals surface area contributed by atoms with Crippen LogP contribution in [0.1, 0.15) is 18.9 Å². The molecule has 0 bridgehead atoms. The van der Waals surface area contributed by atoms with E-state index < -0.39 is 0 Å². The molecule has 0 amide bonds. The molecule has 1 aromatic rings. The predicted molar refractivity (Wildman–Crippen MR) is 123 cm³/mol. The van der Waals surface area contributed by atoms with Crippen LogP contribution in [0.3, 0.4) is 0 Å². The van der Waals surface area contributed by atoms with Gasteiger partial charge in [-0.3, -0.25) is 4.99 Å². The molecule has 2 heterocycles. The summed E-state index contributed by atoms with van der Waals surface area (Å²) in [6.45, 7) is 7.64. The van der Waals surface area contributed by atoms with Gasteiger partial charge >= 0.3 is 0 Å². The van der Waals surface area contributed by atoms with Crippen LogP contribution >= 0.6 is 35.7 Å². The van der Waals surface area contributed by atoms with Crippen molar-refractivity contribution in [3.05, 3.63) is 29.6 Å². The number of hydrogen-bond acceptors (Lipinski definition) is 4. The molecule has 0 aromatic heterocycles. The highest BCUT2D eigenvalue weighted by Gasteiger charge is 2.21. The molecule has 8 heteroatoms.